The number of fused-ring (bicyclic) bond motifs is 1. The molecule has 4 rings (SSSR count). The number of nitrogens with two attached hydrogens (primary N) is 1. The van der Waals surface area contributed by atoms with E-state index in [-0.39, 0.29) is 23.9 Å². The fourth-order valence-corrected chi connectivity index (χ4v) is 4.83. The molecule has 2 amide bonds. The molecule has 2 aromatic rings. The molecule has 0 unspecified atom stereocenters. The zero-order valence-corrected chi connectivity index (χ0v) is 18.1. The van der Waals surface area contributed by atoms with Gasteiger partial charge < -0.3 is 20.7 Å². The Bertz CT molecular complexity index is 1010. The van der Waals surface area contributed by atoms with Gasteiger partial charge in [0.25, 0.3) is 0 Å². The Kier molecular flexibility index (Phi) is 5.36. The van der Waals surface area contributed by atoms with Crippen LogP contribution in [-0.4, -0.2) is 25.0 Å². The smallest absolute Gasteiger partial charge is 0.248 e. The summed E-state index contributed by atoms with van der Waals surface area (Å²) in [6.45, 7) is 3.75. The van der Waals surface area contributed by atoms with Crippen molar-refractivity contribution in [3.05, 3.63) is 52.5 Å². The van der Waals surface area contributed by atoms with Crippen molar-refractivity contribution in [1.29, 1.82) is 0 Å². The number of rotatable bonds is 5. The molecule has 0 bridgehead atoms. The van der Waals surface area contributed by atoms with E-state index in [1.165, 1.54) is 0 Å². The van der Waals surface area contributed by atoms with E-state index in [0.29, 0.717) is 22.3 Å². The minimum Gasteiger partial charge on any atom is -0.495 e. The number of carbonyl (C=O) groups excluding carboxylic acids is 2. The molecule has 2 aliphatic rings. The second kappa shape index (κ2) is 7.84. The zero-order chi connectivity index (χ0) is 21.6. The second-order valence-electron chi connectivity index (χ2n) is 8.18. The number of anilines is 2. The zero-order valence-electron chi connectivity index (χ0n) is 17.3. The first-order valence-electron chi connectivity index (χ1n) is 10.2. The largest absolute Gasteiger partial charge is 0.495 e. The fourth-order valence-electron chi connectivity index (χ4n) is 4.67. The van der Waals surface area contributed by atoms with Crippen molar-refractivity contribution < 1.29 is 14.3 Å². The Morgan fingerprint density at radius 1 is 1.20 bits per heavy atom. The monoisotopic (exact) mass is 427 g/mol. The van der Waals surface area contributed by atoms with Crippen LogP contribution in [0.25, 0.3) is 0 Å². The number of primary amides is 1. The van der Waals surface area contributed by atoms with Gasteiger partial charge in [-0.05, 0) is 54.7 Å². The van der Waals surface area contributed by atoms with Crippen LogP contribution in [-0.2, 0) is 4.79 Å². The van der Waals surface area contributed by atoms with Crippen LogP contribution >= 0.6 is 11.6 Å². The van der Waals surface area contributed by atoms with Crippen molar-refractivity contribution in [2.24, 2.45) is 17.6 Å². The summed E-state index contributed by atoms with van der Waals surface area (Å²) < 4.78 is 5.51. The lowest BCUT2D eigenvalue weighted by Gasteiger charge is -2.46. The Labute approximate surface area is 181 Å². The van der Waals surface area contributed by atoms with Crippen LogP contribution in [0.5, 0.6) is 5.75 Å². The fraction of sp³-hybridized carbons (Fsp3) is 0.391. The maximum atomic E-state index is 12.7. The van der Waals surface area contributed by atoms with Crippen molar-refractivity contribution in [1.82, 2.24) is 0 Å². The van der Waals surface area contributed by atoms with Gasteiger partial charge in [0.05, 0.1) is 18.8 Å². The van der Waals surface area contributed by atoms with Gasteiger partial charge in [0, 0.05) is 41.2 Å². The SMILES string of the molecule is COc1cc(Cl)ccc1N[C@H]1c2cc(C(N)=O)ccc2N(C(C)=O)[C@@H](C2CC2)[C@@H]1C. The van der Waals surface area contributed by atoms with Crippen molar-refractivity contribution in [3.63, 3.8) is 0 Å². The lowest BCUT2D eigenvalue weighted by atomic mass is 9.79. The van der Waals surface area contributed by atoms with Crippen LogP contribution in [0.4, 0.5) is 11.4 Å². The Hall–Kier alpha value is -2.73. The quantitative estimate of drug-likeness (QED) is 0.741. The van der Waals surface area contributed by atoms with Crippen LogP contribution in [0, 0.1) is 11.8 Å². The van der Waals surface area contributed by atoms with E-state index in [9.17, 15) is 9.59 Å². The van der Waals surface area contributed by atoms with E-state index in [1.807, 2.05) is 17.0 Å². The van der Waals surface area contributed by atoms with Crippen LogP contribution in [0.2, 0.25) is 5.02 Å². The highest BCUT2D eigenvalue weighted by Crippen LogP contribution is 2.50. The number of methoxy groups -OCH3 is 1. The normalized spacial score (nSPS) is 22.9. The van der Waals surface area contributed by atoms with E-state index in [2.05, 4.69) is 12.2 Å². The first-order valence-corrected chi connectivity index (χ1v) is 10.5. The molecule has 158 valence electrons. The first kappa shape index (κ1) is 20.5. The summed E-state index contributed by atoms with van der Waals surface area (Å²) in [7, 11) is 1.60. The van der Waals surface area contributed by atoms with Gasteiger partial charge in [0.2, 0.25) is 11.8 Å². The summed E-state index contributed by atoms with van der Waals surface area (Å²) in [6, 6.07) is 10.7. The Balaban J connectivity index is 1.84. The van der Waals surface area contributed by atoms with Crippen molar-refractivity contribution in [2.75, 3.05) is 17.3 Å². The van der Waals surface area contributed by atoms with Crippen LogP contribution in [0.3, 0.4) is 0 Å². The third-order valence-electron chi connectivity index (χ3n) is 6.19. The molecule has 1 aliphatic carbocycles. The summed E-state index contributed by atoms with van der Waals surface area (Å²) in [5, 5.41) is 4.19. The number of hydrogen-bond donors (Lipinski definition) is 2. The van der Waals surface area contributed by atoms with E-state index >= 15 is 0 Å². The molecule has 3 atom stereocenters. The van der Waals surface area contributed by atoms with Gasteiger partial charge in [0.1, 0.15) is 5.75 Å². The van der Waals surface area contributed by atoms with Gasteiger partial charge in [-0.3, -0.25) is 9.59 Å². The minimum atomic E-state index is -0.494. The molecule has 6 nitrogen and oxygen atoms in total. The predicted octanol–water partition coefficient (Wildman–Crippen LogP) is 4.38. The van der Waals surface area contributed by atoms with Gasteiger partial charge in [-0.15, -0.1) is 0 Å². The average Bonchev–Trinajstić information content (AvgIpc) is 3.54. The summed E-state index contributed by atoms with van der Waals surface area (Å²) in [5.74, 6) is 0.738. The van der Waals surface area contributed by atoms with Crippen LogP contribution < -0.4 is 20.7 Å². The average molecular weight is 428 g/mol. The second-order valence-corrected chi connectivity index (χ2v) is 8.62. The summed E-state index contributed by atoms with van der Waals surface area (Å²) in [4.78, 5) is 26.4. The maximum Gasteiger partial charge on any atom is 0.248 e. The minimum absolute atomic E-state index is 0.00866. The van der Waals surface area contributed by atoms with E-state index in [1.54, 1.807) is 38.3 Å². The lowest BCUT2D eigenvalue weighted by Crippen LogP contribution is -2.51. The van der Waals surface area contributed by atoms with E-state index < -0.39 is 5.91 Å². The molecule has 0 radical (unpaired) electrons. The highest BCUT2D eigenvalue weighted by molar-refractivity contribution is 6.30. The van der Waals surface area contributed by atoms with Crippen molar-refractivity contribution in [3.8, 4) is 5.75 Å². The standard InChI is InChI=1S/C23H26ClN3O3/c1-12-21(26-18-8-7-16(24)11-20(18)30-3)17-10-15(23(25)29)6-9-19(17)27(13(2)28)22(12)14-4-5-14/h6-12,14,21-22,26H,4-5H2,1-3H3,(H2,25,29)/t12-,21-,22-/m1/s1. The molecule has 1 fully saturated rings. The number of hydrogen-bond acceptors (Lipinski definition) is 4. The maximum absolute atomic E-state index is 12.7. The number of nitrogens with one attached hydrogen (secondary N) is 1. The number of amides is 2. The third kappa shape index (κ3) is 3.60. The number of nitrogens with zero attached hydrogens (tertiary/aromatic N) is 1. The van der Waals surface area contributed by atoms with Gasteiger partial charge in [-0.1, -0.05) is 18.5 Å². The van der Waals surface area contributed by atoms with Crippen molar-refractivity contribution >= 4 is 34.8 Å². The van der Waals surface area contributed by atoms with Gasteiger partial charge in [-0.2, -0.15) is 0 Å². The lowest BCUT2D eigenvalue weighted by molar-refractivity contribution is -0.117. The molecule has 0 spiro atoms. The molecule has 30 heavy (non-hydrogen) atoms. The van der Waals surface area contributed by atoms with Crippen LogP contribution in [0.15, 0.2) is 36.4 Å². The summed E-state index contributed by atoms with van der Waals surface area (Å²) in [5.41, 5.74) is 8.48. The number of ether oxygens (including phenoxy) is 1. The predicted molar refractivity (Wildman–Crippen MR) is 118 cm³/mol. The van der Waals surface area contributed by atoms with Gasteiger partial charge in [-0.25, -0.2) is 0 Å². The summed E-state index contributed by atoms with van der Waals surface area (Å²) in [6.07, 6.45) is 2.23. The van der Waals surface area contributed by atoms with E-state index in [0.717, 1.165) is 29.8 Å². The molecule has 0 aromatic heterocycles. The Morgan fingerprint density at radius 3 is 2.53 bits per heavy atom. The van der Waals surface area contributed by atoms with Crippen LogP contribution in [0.1, 0.15) is 48.7 Å². The molecule has 1 aliphatic heterocycles. The molecule has 1 saturated carbocycles. The molecule has 7 heteroatoms. The number of benzene rings is 2. The highest BCUT2D eigenvalue weighted by Gasteiger charge is 2.47. The number of carbonyl (C=O) groups is 2. The van der Waals surface area contributed by atoms with Gasteiger partial charge in [0.15, 0.2) is 0 Å². The van der Waals surface area contributed by atoms with E-state index in [4.69, 9.17) is 22.1 Å². The first-order chi connectivity index (χ1) is 14.3. The molecular weight excluding hydrogens is 402 g/mol. The van der Waals surface area contributed by atoms with Gasteiger partial charge >= 0.3 is 0 Å². The number of halogens is 1. The molecule has 2 aromatic carbocycles. The summed E-state index contributed by atoms with van der Waals surface area (Å²) >= 11 is 6.13. The molecular formula is C23H26ClN3O3. The van der Waals surface area contributed by atoms with Crippen molar-refractivity contribution in [2.45, 2.75) is 38.8 Å². The molecule has 0 saturated heterocycles. The highest BCUT2D eigenvalue weighted by atomic mass is 35.5. The molecule has 3 N–H and O–H groups in total. The molecule has 1 heterocycles. The Morgan fingerprint density at radius 2 is 1.93 bits per heavy atom. The topological polar surface area (TPSA) is 84.7 Å². The third-order valence-corrected chi connectivity index (χ3v) is 6.42.